The number of pyridine rings is 1. The Bertz CT molecular complexity index is 396. The van der Waals surface area contributed by atoms with Crippen LogP contribution in [0, 0.1) is 0 Å². The highest BCUT2D eigenvalue weighted by atomic mass is 19.4. The molecule has 0 aliphatic heterocycles. The molecule has 0 saturated heterocycles. The van der Waals surface area contributed by atoms with Crippen molar-refractivity contribution in [2.24, 2.45) is 0 Å². The smallest absolute Gasteiger partial charge is 0.395 e. The van der Waals surface area contributed by atoms with E-state index in [4.69, 9.17) is 5.11 Å². The van der Waals surface area contributed by atoms with Gasteiger partial charge in [0, 0.05) is 25.4 Å². The molecule has 0 radical (unpaired) electrons. The molecule has 0 fully saturated rings. The second-order valence-electron chi connectivity index (χ2n) is 4.02. The Morgan fingerprint density at radius 3 is 2.68 bits per heavy atom. The van der Waals surface area contributed by atoms with E-state index in [1.54, 1.807) is 24.5 Å². The van der Waals surface area contributed by atoms with E-state index in [9.17, 15) is 18.0 Å². The molecule has 106 valence electrons. The summed E-state index contributed by atoms with van der Waals surface area (Å²) < 4.78 is 36.8. The molecule has 1 aromatic heterocycles. The first kappa shape index (κ1) is 15.4. The quantitative estimate of drug-likeness (QED) is 0.854. The lowest BCUT2D eigenvalue weighted by molar-refractivity contribution is -0.162. The van der Waals surface area contributed by atoms with E-state index in [1.165, 1.54) is 0 Å². The number of aliphatic hydroxyl groups is 1. The topological polar surface area (TPSA) is 53.4 Å². The van der Waals surface area contributed by atoms with Gasteiger partial charge in [0.05, 0.1) is 6.61 Å². The van der Waals surface area contributed by atoms with Crippen molar-refractivity contribution < 1.29 is 23.1 Å². The van der Waals surface area contributed by atoms with Crippen molar-refractivity contribution in [3.8, 4) is 0 Å². The van der Waals surface area contributed by atoms with E-state index in [1.807, 2.05) is 0 Å². The number of aromatic nitrogens is 1. The molecule has 4 nitrogen and oxygen atoms in total. The average molecular weight is 276 g/mol. The zero-order valence-electron chi connectivity index (χ0n) is 10.2. The van der Waals surface area contributed by atoms with Crippen molar-refractivity contribution in [2.75, 3.05) is 19.7 Å². The molecule has 0 atom stereocenters. The molecule has 0 unspecified atom stereocenters. The van der Waals surface area contributed by atoms with Crippen LogP contribution in [0.1, 0.15) is 12.0 Å². The normalized spacial score (nSPS) is 11.4. The third-order valence-corrected chi connectivity index (χ3v) is 2.44. The number of aliphatic hydroxyl groups excluding tert-OH is 1. The molecule has 0 bridgehead atoms. The maximum atomic E-state index is 12.3. The predicted octanol–water partition coefficient (Wildman–Crippen LogP) is 1.40. The van der Waals surface area contributed by atoms with Crippen molar-refractivity contribution in [3.05, 3.63) is 30.1 Å². The number of halogens is 3. The number of alkyl halides is 3. The van der Waals surface area contributed by atoms with Crippen molar-refractivity contribution in [1.29, 1.82) is 0 Å². The van der Waals surface area contributed by atoms with E-state index >= 15 is 0 Å². The van der Waals surface area contributed by atoms with Crippen LogP contribution in [0.25, 0.3) is 0 Å². The molecule has 0 saturated carbocycles. The number of hydrogen-bond donors (Lipinski definition) is 1. The summed E-state index contributed by atoms with van der Waals surface area (Å²) in [4.78, 5) is 16.2. The molecule has 1 aromatic rings. The summed E-state index contributed by atoms with van der Waals surface area (Å²) >= 11 is 0. The van der Waals surface area contributed by atoms with Gasteiger partial charge < -0.3 is 10.0 Å². The lowest BCUT2D eigenvalue weighted by Crippen LogP contribution is -2.40. The van der Waals surface area contributed by atoms with Crippen LogP contribution in [0.3, 0.4) is 0 Å². The fourth-order valence-corrected chi connectivity index (χ4v) is 1.58. The van der Waals surface area contributed by atoms with Crippen molar-refractivity contribution in [3.63, 3.8) is 0 Å². The summed E-state index contributed by atoms with van der Waals surface area (Å²) in [6.07, 6.45) is -1.03. The highest BCUT2D eigenvalue weighted by Gasteiger charge is 2.32. The van der Waals surface area contributed by atoms with Gasteiger partial charge in [-0.1, -0.05) is 6.07 Å². The van der Waals surface area contributed by atoms with Crippen molar-refractivity contribution in [2.45, 2.75) is 19.0 Å². The van der Waals surface area contributed by atoms with E-state index in [0.29, 0.717) is 11.3 Å². The molecule has 1 amide bonds. The first-order valence-electron chi connectivity index (χ1n) is 5.76. The van der Waals surface area contributed by atoms with Gasteiger partial charge in [-0.3, -0.25) is 9.78 Å². The zero-order valence-corrected chi connectivity index (χ0v) is 10.2. The maximum Gasteiger partial charge on any atom is 0.406 e. The van der Waals surface area contributed by atoms with Crippen LogP contribution in [-0.4, -0.2) is 46.8 Å². The first-order chi connectivity index (χ1) is 8.92. The summed E-state index contributed by atoms with van der Waals surface area (Å²) in [6.45, 7) is -2.14. The molecular formula is C12H15F3N2O2. The summed E-state index contributed by atoms with van der Waals surface area (Å²) in [5.41, 5.74) is 0.784. The highest BCUT2D eigenvalue weighted by molar-refractivity contribution is 5.76. The summed E-state index contributed by atoms with van der Waals surface area (Å²) in [5, 5.41) is 8.70. The molecule has 0 aromatic carbocycles. The minimum atomic E-state index is -4.46. The first-order valence-corrected chi connectivity index (χ1v) is 5.76. The predicted molar refractivity (Wildman–Crippen MR) is 62.3 cm³/mol. The molecule has 0 spiro atoms. The number of nitrogens with zero attached hydrogens (tertiary/aromatic N) is 2. The second-order valence-corrected chi connectivity index (χ2v) is 4.02. The summed E-state index contributed by atoms with van der Waals surface area (Å²) in [7, 11) is 0. The molecular weight excluding hydrogens is 261 g/mol. The van der Waals surface area contributed by atoms with Crippen LogP contribution in [-0.2, 0) is 11.2 Å². The summed E-state index contributed by atoms with van der Waals surface area (Å²) in [6, 6.07) is 3.45. The van der Waals surface area contributed by atoms with Crippen molar-refractivity contribution in [1.82, 2.24) is 9.88 Å². The lowest BCUT2D eigenvalue weighted by Gasteiger charge is -2.23. The largest absolute Gasteiger partial charge is 0.406 e. The van der Waals surface area contributed by atoms with Gasteiger partial charge in [-0.25, -0.2) is 0 Å². The van der Waals surface area contributed by atoms with E-state index in [2.05, 4.69) is 4.98 Å². The van der Waals surface area contributed by atoms with E-state index < -0.39 is 25.2 Å². The van der Waals surface area contributed by atoms with Gasteiger partial charge >= 0.3 is 6.18 Å². The van der Waals surface area contributed by atoms with Crippen LogP contribution in [0.2, 0.25) is 0 Å². The van der Waals surface area contributed by atoms with Gasteiger partial charge in [0.15, 0.2) is 0 Å². The number of amides is 1. The second kappa shape index (κ2) is 7.08. The number of rotatable bonds is 6. The standard InChI is InChI=1S/C12H15F3N2O2/c13-12(14,15)9-17(6-7-18)11(19)4-3-10-2-1-5-16-8-10/h1-2,5,8,18H,3-4,6-7,9H2. The Labute approximate surface area is 108 Å². The third kappa shape index (κ3) is 6.19. The molecule has 7 heteroatoms. The Hall–Kier alpha value is -1.63. The molecule has 1 N–H and O–H groups in total. The van der Waals surface area contributed by atoms with Crippen LogP contribution in [0.4, 0.5) is 13.2 Å². The van der Waals surface area contributed by atoms with Crippen LogP contribution in [0.5, 0.6) is 0 Å². The van der Waals surface area contributed by atoms with Crippen molar-refractivity contribution >= 4 is 5.91 Å². The Kier molecular flexibility index (Phi) is 5.75. The average Bonchev–Trinajstić information content (AvgIpc) is 2.35. The van der Waals surface area contributed by atoms with Gasteiger partial charge in [-0.2, -0.15) is 13.2 Å². The molecule has 1 rings (SSSR count). The van der Waals surface area contributed by atoms with Gasteiger partial charge in [0.2, 0.25) is 5.91 Å². The Morgan fingerprint density at radius 1 is 1.42 bits per heavy atom. The Morgan fingerprint density at radius 2 is 2.16 bits per heavy atom. The van der Waals surface area contributed by atoms with E-state index in [-0.39, 0.29) is 13.0 Å². The lowest BCUT2D eigenvalue weighted by atomic mass is 10.1. The van der Waals surface area contributed by atoms with Crippen LogP contribution < -0.4 is 0 Å². The minimum Gasteiger partial charge on any atom is -0.395 e. The SMILES string of the molecule is O=C(CCc1cccnc1)N(CCO)CC(F)(F)F. The van der Waals surface area contributed by atoms with Crippen LogP contribution in [0.15, 0.2) is 24.5 Å². The molecule has 19 heavy (non-hydrogen) atoms. The Balaban J connectivity index is 2.52. The molecule has 1 heterocycles. The monoisotopic (exact) mass is 276 g/mol. The molecule has 0 aliphatic carbocycles. The van der Waals surface area contributed by atoms with Crippen LogP contribution >= 0.6 is 0 Å². The summed E-state index contributed by atoms with van der Waals surface area (Å²) in [5.74, 6) is -0.629. The van der Waals surface area contributed by atoms with Gasteiger partial charge in [-0.15, -0.1) is 0 Å². The number of hydrogen-bond acceptors (Lipinski definition) is 3. The highest BCUT2D eigenvalue weighted by Crippen LogP contribution is 2.17. The third-order valence-electron chi connectivity index (χ3n) is 2.44. The number of aryl methyl sites for hydroxylation is 1. The zero-order chi connectivity index (χ0) is 14.3. The maximum absolute atomic E-state index is 12.3. The van der Waals surface area contributed by atoms with Gasteiger partial charge in [0.1, 0.15) is 6.54 Å². The fraction of sp³-hybridized carbons (Fsp3) is 0.500. The van der Waals surface area contributed by atoms with Gasteiger partial charge in [0.25, 0.3) is 0 Å². The van der Waals surface area contributed by atoms with E-state index in [0.717, 1.165) is 5.56 Å². The number of carbonyl (C=O) groups excluding carboxylic acids is 1. The molecule has 0 aliphatic rings. The fourth-order valence-electron chi connectivity index (χ4n) is 1.58. The van der Waals surface area contributed by atoms with Gasteiger partial charge in [-0.05, 0) is 18.1 Å². The minimum absolute atomic E-state index is 0.0399. The number of carbonyl (C=O) groups is 1.